The molecule has 4 heteroatoms. The van der Waals surface area contributed by atoms with Crippen LogP contribution >= 0.6 is 24.0 Å². The Morgan fingerprint density at radius 3 is 2.05 bits per heavy atom. The molecule has 118 valence electrons. The minimum absolute atomic E-state index is 0. The lowest BCUT2D eigenvalue weighted by molar-refractivity contribution is 0.112. The van der Waals surface area contributed by atoms with Crippen LogP contribution in [0.3, 0.4) is 0 Å². The van der Waals surface area contributed by atoms with Gasteiger partial charge in [0.05, 0.1) is 6.10 Å². The van der Waals surface area contributed by atoms with Crippen molar-refractivity contribution in [3.63, 3.8) is 0 Å². The Kier molecular flexibility index (Phi) is 15.5. The summed E-state index contributed by atoms with van der Waals surface area (Å²) in [5, 5.41) is 9.87. The molecule has 2 nitrogen and oxygen atoms in total. The van der Waals surface area contributed by atoms with Crippen LogP contribution in [0.1, 0.15) is 66.2 Å². The highest BCUT2D eigenvalue weighted by Crippen LogP contribution is 2.20. The van der Waals surface area contributed by atoms with Crippen LogP contribution in [0.15, 0.2) is 0 Å². The number of aliphatic hydroxyl groups is 1. The second-order valence-electron chi connectivity index (χ2n) is 5.29. The molecule has 0 saturated carbocycles. The van der Waals surface area contributed by atoms with Crippen LogP contribution in [0.2, 0.25) is 0 Å². The molecule has 3 atom stereocenters. The van der Waals surface area contributed by atoms with Gasteiger partial charge in [-0.25, -0.2) is 0 Å². The largest absolute Gasteiger partial charge is 0.393 e. The molecule has 0 spiro atoms. The van der Waals surface area contributed by atoms with Gasteiger partial charge in [-0.1, -0.05) is 40.0 Å². The molecule has 0 aromatic carbocycles. The molecule has 3 unspecified atom stereocenters. The molecule has 0 heterocycles. The van der Waals surface area contributed by atoms with Crippen LogP contribution in [-0.4, -0.2) is 40.6 Å². The van der Waals surface area contributed by atoms with Crippen molar-refractivity contribution in [3.05, 3.63) is 0 Å². The third-order valence-corrected chi connectivity index (χ3v) is 3.99. The lowest BCUT2D eigenvalue weighted by Crippen LogP contribution is -2.38. The van der Waals surface area contributed by atoms with Crippen LogP contribution in [0.5, 0.6) is 0 Å². The van der Waals surface area contributed by atoms with Gasteiger partial charge in [-0.15, -0.1) is 24.0 Å². The summed E-state index contributed by atoms with van der Waals surface area (Å²) in [4.78, 5) is 2.42. The van der Waals surface area contributed by atoms with Crippen molar-refractivity contribution in [2.75, 3.05) is 13.1 Å². The molecule has 0 saturated heterocycles. The Labute approximate surface area is 131 Å². The van der Waals surface area contributed by atoms with Crippen molar-refractivity contribution in [3.8, 4) is 0 Å². The predicted molar refractivity (Wildman–Crippen MR) is 88.7 cm³/mol. The zero-order valence-electron chi connectivity index (χ0n) is 13.1. The average molecular weight is 314 g/mol. The lowest BCUT2D eigenvalue weighted by Gasteiger charge is -2.32. The zero-order valence-corrected chi connectivity index (χ0v) is 14.6. The van der Waals surface area contributed by atoms with Crippen molar-refractivity contribution >= 4 is 24.0 Å². The number of rotatable bonds is 11. The Bertz CT molecular complexity index is 187. The Balaban J connectivity index is 0. The van der Waals surface area contributed by atoms with Gasteiger partial charge < -0.3 is 10.0 Å². The molecule has 0 aromatic heterocycles. The first-order valence-electron chi connectivity index (χ1n) is 7.61. The van der Waals surface area contributed by atoms with Crippen LogP contribution in [-0.2, 0) is 0 Å². The Hall–Kier alpha value is 0.500. The number of nitrogens with zero attached hydrogens (tertiary/aromatic N) is 1. The van der Waals surface area contributed by atoms with E-state index in [4.69, 9.17) is 11.6 Å². The molecule has 0 bridgehead atoms. The first-order chi connectivity index (χ1) is 8.54. The van der Waals surface area contributed by atoms with Gasteiger partial charge in [-0.3, -0.25) is 0 Å². The van der Waals surface area contributed by atoms with Crippen molar-refractivity contribution in [2.24, 2.45) is 0 Å². The maximum Gasteiger partial charge on any atom is 0.0527 e. The summed E-state index contributed by atoms with van der Waals surface area (Å²) in [5.41, 5.74) is 0. The normalized spacial score (nSPS) is 15.9. The highest BCUT2D eigenvalue weighted by molar-refractivity contribution is 6.20. The van der Waals surface area contributed by atoms with E-state index in [1.54, 1.807) is 0 Å². The van der Waals surface area contributed by atoms with E-state index >= 15 is 0 Å². The molecular formula is C15H33Cl2NO. The number of halogens is 2. The van der Waals surface area contributed by atoms with Gasteiger partial charge in [0.15, 0.2) is 0 Å². The summed E-state index contributed by atoms with van der Waals surface area (Å²) >= 11 is 6.44. The molecule has 0 aliphatic heterocycles. The minimum Gasteiger partial charge on any atom is -0.393 e. The lowest BCUT2D eigenvalue weighted by atomic mass is 10.00. The van der Waals surface area contributed by atoms with Gasteiger partial charge in [0.2, 0.25) is 0 Å². The number of unbranched alkanes of at least 4 members (excludes halogenated alkanes) is 2. The summed E-state index contributed by atoms with van der Waals surface area (Å²) in [7, 11) is 0. The van der Waals surface area contributed by atoms with Gasteiger partial charge in [-0.2, -0.15) is 0 Å². The zero-order chi connectivity index (χ0) is 14.0. The Morgan fingerprint density at radius 2 is 1.63 bits per heavy atom. The molecule has 1 N–H and O–H groups in total. The van der Waals surface area contributed by atoms with E-state index in [-0.39, 0.29) is 23.9 Å². The first kappa shape index (κ1) is 21.8. The van der Waals surface area contributed by atoms with Gasteiger partial charge in [0, 0.05) is 11.4 Å². The fourth-order valence-corrected chi connectivity index (χ4v) is 2.92. The van der Waals surface area contributed by atoms with E-state index in [0.29, 0.717) is 6.04 Å². The van der Waals surface area contributed by atoms with Crippen LogP contribution in [0, 0.1) is 0 Å². The van der Waals surface area contributed by atoms with E-state index in [2.05, 4.69) is 25.7 Å². The summed E-state index contributed by atoms with van der Waals surface area (Å²) in [6.45, 7) is 10.5. The highest BCUT2D eigenvalue weighted by atomic mass is 35.5. The quantitative estimate of drug-likeness (QED) is 0.449. The summed E-state index contributed by atoms with van der Waals surface area (Å²) in [6.07, 6.45) is 6.44. The van der Waals surface area contributed by atoms with Gasteiger partial charge >= 0.3 is 0 Å². The average Bonchev–Trinajstić information content (AvgIpc) is 2.30. The number of aliphatic hydroxyl groups excluding tert-OH is 1. The molecule has 0 amide bonds. The van der Waals surface area contributed by atoms with Gasteiger partial charge in [0.1, 0.15) is 0 Å². The standard InChI is InChI=1S/C15H32ClNO.ClH/c1-5-8-9-10-14(16)12-15(11-13(4)18)17(6-2)7-3;/h13-15,18H,5-12H2,1-4H3;1H. The van der Waals surface area contributed by atoms with Gasteiger partial charge in [0.25, 0.3) is 0 Å². The maximum atomic E-state index is 9.62. The van der Waals surface area contributed by atoms with Crippen molar-refractivity contribution in [1.82, 2.24) is 4.90 Å². The number of alkyl halides is 1. The number of hydrogen-bond acceptors (Lipinski definition) is 2. The topological polar surface area (TPSA) is 23.5 Å². The summed E-state index contributed by atoms with van der Waals surface area (Å²) < 4.78 is 0. The number of hydrogen-bond donors (Lipinski definition) is 1. The van der Waals surface area contributed by atoms with E-state index in [1.165, 1.54) is 19.3 Å². The van der Waals surface area contributed by atoms with Crippen LogP contribution in [0.4, 0.5) is 0 Å². The smallest absolute Gasteiger partial charge is 0.0527 e. The first-order valence-corrected chi connectivity index (χ1v) is 8.04. The van der Waals surface area contributed by atoms with E-state index < -0.39 is 0 Å². The third kappa shape index (κ3) is 10.9. The van der Waals surface area contributed by atoms with Crippen molar-refractivity contribution < 1.29 is 5.11 Å². The molecule has 19 heavy (non-hydrogen) atoms. The molecule has 0 radical (unpaired) electrons. The van der Waals surface area contributed by atoms with E-state index in [9.17, 15) is 5.11 Å². The summed E-state index contributed by atoms with van der Waals surface area (Å²) in [5.74, 6) is 0. The second kappa shape index (κ2) is 13.5. The minimum atomic E-state index is -0.241. The maximum absolute atomic E-state index is 9.62. The SMILES string of the molecule is CCCCCC(Cl)CC(CC(C)O)N(CC)CC.Cl. The molecule has 0 aliphatic rings. The highest BCUT2D eigenvalue weighted by Gasteiger charge is 2.21. The van der Waals surface area contributed by atoms with E-state index in [0.717, 1.165) is 32.4 Å². The second-order valence-corrected chi connectivity index (χ2v) is 5.91. The molecule has 0 aliphatic carbocycles. The van der Waals surface area contributed by atoms with E-state index in [1.807, 2.05) is 6.92 Å². The molecular weight excluding hydrogens is 281 g/mol. The van der Waals surface area contributed by atoms with Gasteiger partial charge in [-0.05, 0) is 39.3 Å². The van der Waals surface area contributed by atoms with Crippen LogP contribution in [0.25, 0.3) is 0 Å². The predicted octanol–water partition coefficient (Wildman–Crippen LogP) is 4.47. The van der Waals surface area contributed by atoms with Crippen molar-refractivity contribution in [2.45, 2.75) is 83.7 Å². The summed E-state index contributed by atoms with van der Waals surface area (Å²) in [6, 6.07) is 0.420. The fraction of sp³-hybridized carbons (Fsp3) is 1.00. The molecule has 0 fully saturated rings. The molecule has 0 aromatic rings. The monoisotopic (exact) mass is 313 g/mol. The van der Waals surface area contributed by atoms with Crippen molar-refractivity contribution in [1.29, 1.82) is 0 Å². The Morgan fingerprint density at radius 1 is 1.05 bits per heavy atom. The molecule has 0 rings (SSSR count). The van der Waals surface area contributed by atoms with Crippen LogP contribution < -0.4 is 0 Å². The fourth-order valence-electron chi connectivity index (χ4n) is 2.56. The third-order valence-electron chi connectivity index (χ3n) is 3.59.